The molecule has 0 aliphatic carbocycles. The standard InChI is InChI=1S/C23H21NO4S/c1-3-12-24(21(25)14-17-9-7-8-16(2)13-17)19-15-20(18-10-5-4-6-11-18)29-22(19)28-23(26)27/h3-11,13,15H,1,12,14H2,2H3,(H,26,27). The highest BCUT2D eigenvalue weighted by Crippen LogP contribution is 2.43. The summed E-state index contributed by atoms with van der Waals surface area (Å²) in [6.07, 6.45) is 0.384. The predicted molar refractivity (Wildman–Crippen MR) is 116 cm³/mol. The fraction of sp³-hybridized carbons (Fsp3) is 0.130. The Balaban J connectivity index is 1.98. The first-order valence-electron chi connectivity index (χ1n) is 9.04. The molecule has 0 aliphatic rings. The molecule has 0 saturated heterocycles. The maximum atomic E-state index is 13.1. The summed E-state index contributed by atoms with van der Waals surface area (Å²) < 4.78 is 5.00. The van der Waals surface area contributed by atoms with Crippen molar-refractivity contribution in [1.82, 2.24) is 0 Å². The van der Waals surface area contributed by atoms with Gasteiger partial charge in [-0.2, -0.15) is 0 Å². The molecule has 0 radical (unpaired) electrons. The average molecular weight is 407 g/mol. The maximum Gasteiger partial charge on any atom is 0.512 e. The first kappa shape index (κ1) is 20.4. The summed E-state index contributed by atoms with van der Waals surface area (Å²) in [4.78, 5) is 26.6. The van der Waals surface area contributed by atoms with E-state index in [1.807, 2.05) is 61.5 Å². The normalized spacial score (nSPS) is 10.4. The number of rotatable bonds is 7. The lowest BCUT2D eigenvalue weighted by Crippen LogP contribution is -2.32. The number of carbonyl (C=O) groups excluding carboxylic acids is 1. The molecule has 1 N–H and O–H groups in total. The van der Waals surface area contributed by atoms with E-state index in [0.717, 1.165) is 21.6 Å². The molecule has 29 heavy (non-hydrogen) atoms. The minimum absolute atomic E-state index is 0.163. The van der Waals surface area contributed by atoms with Crippen LogP contribution in [0.15, 0.2) is 73.3 Å². The van der Waals surface area contributed by atoms with E-state index in [1.54, 1.807) is 12.1 Å². The maximum absolute atomic E-state index is 13.1. The first-order chi connectivity index (χ1) is 14.0. The second-order valence-corrected chi connectivity index (χ2v) is 7.49. The van der Waals surface area contributed by atoms with Gasteiger partial charge in [0.15, 0.2) is 0 Å². The minimum atomic E-state index is -1.42. The molecule has 0 saturated carbocycles. The molecular weight excluding hydrogens is 386 g/mol. The van der Waals surface area contributed by atoms with Gasteiger partial charge in [-0.3, -0.25) is 4.79 Å². The predicted octanol–water partition coefficient (Wildman–Crippen LogP) is 5.54. The van der Waals surface area contributed by atoms with Gasteiger partial charge < -0.3 is 14.7 Å². The molecule has 2 aromatic carbocycles. The molecule has 0 fully saturated rings. The van der Waals surface area contributed by atoms with Crippen LogP contribution in [0.5, 0.6) is 5.06 Å². The quantitative estimate of drug-likeness (QED) is 0.412. The van der Waals surface area contributed by atoms with Crippen molar-refractivity contribution in [3.05, 3.63) is 84.4 Å². The molecule has 0 unspecified atom stereocenters. The van der Waals surface area contributed by atoms with Crippen LogP contribution in [-0.2, 0) is 11.2 Å². The van der Waals surface area contributed by atoms with Gasteiger partial charge in [-0.25, -0.2) is 4.79 Å². The molecule has 148 valence electrons. The highest BCUT2D eigenvalue weighted by molar-refractivity contribution is 7.18. The smallest absolute Gasteiger partial charge is 0.449 e. The van der Waals surface area contributed by atoms with Crippen LogP contribution in [0.2, 0.25) is 0 Å². The van der Waals surface area contributed by atoms with Crippen molar-refractivity contribution < 1.29 is 19.4 Å². The van der Waals surface area contributed by atoms with Gasteiger partial charge in [-0.05, 0) is 24.1 Å². The number of aryl methyl sites for hydroxylation is 1. The van der Waals surface area contributed by atoms with E-state index in [-0.39, 0.29) is 23.9 Å². The highest BCUT2D eigenvalue weighted by atomic mass is 32.1. The summed E-state index contributed by atoms with van der Waals surface area (Å²) >= 11 is 1.19. The number of thiophene rings is 1. The Bertz CT molecular complexity index is 1030. The number of ether oxygens (including phenoxy) is 1. The molecule has 3 aromatic rings. The Hall–Kier alpha value is -3.38. The summed E-state index contributed by atoms with van der Waals surface area (Å²) in [6.45, 7) is 5.95. The molecule has 0 atom stereocenters. The molecule has 3 rings (SSSR count). The molecule has 6 heteroatoms. The van der Waals surface area contributed by atoms with E-state index in [1.165, 1.54) is 16.2 Å². The molecule has 5 nitrogen and oxygen atoms in total. The van der Waals surface area contributed by atoms with Crippen LogP contribution < -0.4 is 9.64 Å². The summed E-state index contributed by atoms with van der Waals surface area (Å²) in [5, 5.41) is 9.31. The second kappa shape index (κ2) is 9.21. The average Bonchev–Trinajstić information content (AvgIpc) is 3.09. The fourth-order valence-electron chi connectivity index (χ4n) is 3.01. The zero-order valence-corrected chi connectivity index (χ0v) is 16.8. The lowest BCUT2D eigenvalue weighted by molar-refractivity contribution is -0.117. The monoisotopic (exact) mass is 407 g/mol. The van der Waals surface area contributed by atoms with Gasteiger partial charge >= 0.3 is 6.16 Å². The van der Waals surface area contributed by atoms with Crippen molar-refractivity contribution in [3.63, 3.8) is 0 Å². The Morgan fingerprint density at radius 2 is 1.90 bits per heavy atom. The zero-order valence-electron chi connectivity index (χ0n) is 16.0. The topological polar surface area (TPSA) is 66.8 Å². The van der Waals surface area contributed by atoms with Crippen LogP contribution in [0, 0.1) is 6.92 Å². The molecule has 1 heterocycles. The highest BCUT2D eigenvalue weighted by Gasteiger charge is 2.24. The van der Waals surface area contributed by atoms with Gasteiger partial charge in [0.2, 0.25) is 11.0 Å². The van der Waals surface area contributed by atoms with E-state index < -0.39 is 6.16 Å². The Morgan fingerprint density at radius 1 is 1.14 bits per heavy atom. The molecule has 1 amide bonds. The lowest BCUT2D eigenvalue weighted by atomic mass is 10.1. The van der Waals surface area contributed by atoms with Gasteiger partial charge in [-0.15, -0.1) is 6.58 Å². The lowest BCUT2D eigenvalue weighted by Gasteiger charge is -2.21. The van der Waals surface area contributed by atoms with Gasteiger partial charge in [-0.1, -0.05) is 77.6 Å². The van der Waals surface area contributed by atoms with Gasteiger partial charge in [0.25, 0.3) is 0 Å². The van der Waals surface area contributed by atoms with E-state index in [0.29, 0.717) is 5.69 Å². The Kier molecular flexibility index (Phi) is 6.46. The molecule has 0 bridgehead atoms. The van der Waals surface area contributed by atoms with Crippen molar-refractivity contribution in [2.75, 3.05) is 11.4 Å². The Morgan fingerprint density at radius 3 is 2.55 bits per heavy atom. The van der Waals surface area contributed by atoms with Crippen molar-refractivity contribution in [2.45, 2.75) is 13.3 Å². The van der Waals surface area contributed by atoms with Crippen molar-refractivity contribution in [3.8, 4) is 15.5 Å². The van der Waals surface area contributed by atoms with E-state index in [9.17, 15) is 9.59 Å². The number of anilines is 1. The molecule has 1 aromatic heterocycles. The van der Waals surface area contributed by atoms with Crippen molar-refractivity contribution in [1.29, 1.82) is 0 Å². The fourth-order valence-corrected chi connectivity index (χ4v) is 4.02. The van der Waals surface area contributed by atoms with Crippen LogP contribution in [0.25, 0.3) is 10.4 Å². The summed E-state index contributed by atoms with van der Waals surface area (Å²) in [7, 11) is 0. The minimum Gasteiger partial charge on any atom is -0.449 e. The third-order valence-electron chi connectivity index (χ3n) is 4.26. The number of benzene rings is 2. The van der Waals surface area contributed by atoms with Gasteiger partial charge in [0, 0.05) is 11.4 Å². The number of amides is 1. The van der Waals surface area contributed by atoms with Gasteiger partial charge in [0.05, 0.1) is 12.1 Å². The van der Waals surface area contributed by atoms with Crippen LogP contribution in [0.3, 0.4) is 0 Å². The number of nitrogens with zero attached hydrogens (tertiary/aromatic N) is 1. The van der Waals surface area contributed by atoms with Gasteiger partial charge in [0.1, 0.15) is 0 Å². The van der Waals surface area contributed by atoms with Crippen LogP contribution in [0.4, 0.5) is 10.5 Å². The zero-order chi connectivity index (χ0) is 20.8. The number of hydrogen-bond donors (Lipinski definition) is 1. The third-order valence-corrected chi connectivity index (χ3v) is 5.31. The summed E-state index contributed by atoms with van der Waals surface area (Å²) in [5.74, 6) is -0.164. The Labute approximate surface area is 173 Å². The summed E-state index contributed by atoms with van der Waals surface area (Å²) in [5.41, 5.74) is 3.31. The first-order valence-corrected chi connectivity index (χ1v) is 9.86. The molecular formula is C23H21NO4S. The molecule has 0 aliphatic heterocycles. The van der Waals surface area contributed by atoms with Crippen molar-refractivity contribution in [2.24, 2.45) is 0 Å². The number of hydrogen-bond acceptors (Lipinski definition) is 4. The van der Waals surface area contributed by atoms with Crippen LogP contribution >= 0.6 is 11.3 Å². The largest absolute Gasteiger partial charge is 0.512 e. The van der Waals surface area contributed by atoms with E-state index in [4.69, 9.17) is 9.84 Å². The summed E-state index contributed by atoms with van der Waals surface area (Å²) in [6, 6.07) is 19.1. The third kappa shape index (κ3) is 5.12. The SMILES string of the molecule is C=CCN(C(=O)Cc1cccc(C)c1)c1cc(-c2ccccc2)sc1OC(=O)O. The van der Waals surface area contributed by atoms with Crippen LogP contribution in [-0.4, -0.2) is 23.7 Å². The van der Waals surface area contributed by atoms with Crippen molar-refractivity contribution >= 4 is 29.1 Å². The van der Waals surface area contributed by atoms with Crippen LogP contribution in [0.1, 0.15) is 11.1 Å². The number of carbonyl (C=O) groups is 2. The second-order valence-electron chi connectivity index (χ2n) is 6.48. The molecule has 0 spiro atoms. The van der Waals surface area contributed by atoms with E-state index in [2.05, 4.69) is 6.58 Å². The van der Waals surface area contributed by atoms with E-state index >= 15 is 0 Å². The number of carboxylic acid groups (broad SMARTS) is 1.